The Morgan fingerprint density at radius 2 is 2.00 bits per heavy atom. The van der Waals surface area contributed by atoms with Crippen LogP contribution in [-0.2, 0) is 0 Å². The van der Waals surface area contributed by atoms with Gasteiger partial charge in [-0.3, -0.25) is 0 Å². The second kappa shape index (κ2) is 5.17. The predicted molar refractivity (Wildman–Crippen MR) is 69.0 cm³/mol. The van der Waals surface area contributed by atoms with Gasteiger partial charge in [-0.2, -0.15) is 0 Å². The average molecular weight is 266 g/mol. The number of nitrogens with zero attached hydrogens (tertiary/aromatic N) is 1. The molecule has 1 unspecified atom stereocenters. The number of hydrogen-bond acceptors (Lipinski definition) is 5. The summed E-state index contributed by atoms with van der Waals surface area (Å²) in [6.45, 7) is 1.43. The van der Waals surface area contributed by atoms with Crippen LogP contribution in [0.25, 0.3) is 11.3 Å². The molecule has 6 heteroatoms. The molecule has 0 saturated heterocycles. The van der Waals surface area contributed by atoms with Crippen LogP contribution in [0.1, 0.15) is 18.7 Å². The van der Waals surface area contributed by atoms with Gasteiger partial charge in [0, 0.05) is 17.2 Å². The second-order valence-electron chi connectivity index (χ2n) is 4.03. The van der Waals surface area contributed by atoms with Crippen LogP contribution in [0.2, 0.25) is 0 Å². The van der Waals surface area contributed by atoms with Crippen molar-refractivity contribution in [2.75, 3.05) is 20.0 Å². The molecule has 2 rings (SSSR count). The molecular weight excluding hydrogens is 251 g/mol. The lowest BCUT2D eigenvalue weighted by atomic mass is 10.0. The van der Waals surface area contributed by atoms with Crippen molar-refractivity contribution >= 4 is 5.82 Å². The lowest BCUT2D eigenvalue weighted by molar-refractivity contribution is 0.324. The molecule has 0 aliphatic heterocycles. The fourth-order valence-corrected chi connectivity index (χ4v) is 1.86. The Morgan fingerprint density at radius 3 is 2.47 bits per heavy atom. The monoisotopic (exact) mass is 266 g/mol. The molecule has 5 nitrogen and oxygen atoms in total. The van der Waals surface area contributed by atoms with Gasteiger partial charge in [-0.25, -0.2) is 4.39 Å². The fraction of sp³-hybridized carbons (Fsp3) is 0.308. The summed E-state index contributed by atoms with van der Waals surface area (Å²) < 4.78 is 29.2. The number of nitrogens with two attached hydrogens (primary N) is 1. The largest absolute Gasteiger partial charge is 0.493 e. The van der Waals surface area contributed by atoms with E-state index in [4.69, 9.17) is 19.7 Å². The van der Waals surface area contributed by atoms with Crippen molar-refractivity contribution in [1.82, 2.24) is 5.16 Å². The zero-order chi connectivity index (χ0) is 14.0. The topological polar surface area (TPSA) is 70.5 Å². The van der Waals surface area contributed by atoms with Crippen LogP contribution in [-0.4, -0.2) is 19.4 Å². The third-order valence-electron chi connectivity index (χ3n) is 2.75. The molecule has 1 aromatic heterocycles. The summed E-state index contributed by atoms with van der Waals surface area (Å²) >= 11 is 0. The first-order chi connectivity index (χ1) is 9.06. The lowest BCUT2D eigenvalue weighted by Gasteiger charge is -2.15. The Balaban J connectivity index is 2.60. The van der Waals surface area contributed by atoms with E-state index in [0.717, 1.165) is 0 Å². The molecule has 2 N–H and O–H groups in total. The number of rotatable bonds is 4. The van der Waals surface area contributed by atoms with Crippen LogP contribution in [0.5, 0.6) is 11.5 Å². The van der Waals surface area contributed by atoms with E-state index in [2.05, 4.69) is 5.16 Å². The minimum Gasteiger partial charge on any atom is -0.493 e. The minimum absolute atomic E-state index is 0.264. The van der Waals surface area contributed by atoms with E-state index in [1.807, 2.05) is 0 Å². The summed E-state index contributed by atoms with van der Waals surface area (Å²) in [7, 11) is 2.96. The van der Waals surface area contributed by atoms with Gasteiger partial charge in [0.1, 0.15) is 6.17 Å². The van der Waals surface area contributed by atoms with E-state index in [0.29, 0.717) is 28.4 Å². The van der Waals surface area contributed by atoms with Gasteiger partial charge >= 0.3 is 0 Å². The first-order valence-electron chi connectivity index (χ1n) is 5.69. The molecule has 0 bridgehead atoms. The van der Waals surface area contributed by atoms with E-state index in [1.54, 1.807) is 18.2 Å². The standard InChI is InChI=1S/C13H15FN2O3/c1-7(14)9-4-8(10-6-12(15)16-19-10)5-11(17-2)13(9)18-3/h4-7H,1-3H3,(H2,15,16). The highest BCUT2D eigenvalue weighted by Crippen LogP contribution is 2.40. The van der Waals surface area contributed by atoms with Gasteiger partial charge in [0.05, 0.1) is 14.2 Å². The van der Waals surface area contributed by atoms with Gasteiger partial charge in [0.2, 0.25) is 0 Å². The molecule has 102 valence electrons. The highest BCUT2D eigenvalue weighted by atomic mass is 19.1. The van der Waals surface area contributed by atoms with Gasteiger partial charge in [-0.1, -0.05) is 5.16 Å². The highest BCUT2D eigenvalue weighted by molar-refractivity contribution is 5.67. The zero-order valence-electron chi connectivity index (χ0n) is 10.9. The molecule has 0 amide bonds. The van der Waals surface area contributed by atoms with Crippen molar-refractivity contribution in [1.29, 1.82) is 0 Å². The quantitative estimate of drug-likeness (QED) is 0.921. The Labute approximate surface area is 110 Å². The highest BCUT2D eigenvalue weighted by Gasteiger charge is 2.19. The summed E-state index contributed by atoms with van der Waals surface area (Å²) in [5.74, 6) is 1.50. The number of methoxy groups -OCH3 is 2. The predicted octanol–water partition coefficient (Wildman–Crippen LogP) is 2.97. The number of hydrogen-bond donors (Lipinski definition) is 1. The van der Waals surface area contributed by atoms with Crippen molar-refractivity contribution in [3.8, 4) is 22.8 Å². The number of benzene rings is 1. The van der Waals surface area contributed by atoms with Crippen LogP contribution in [0.4, 0.5) is 10.2 Å². The number of aromatic nitrogens is 1. The Bertz CT molecular complexity index is 581. The van der Waals surface area contributed by atoms with Crippen LogP contribution in [0.15, 0.2) is 22.7 Å². The molecule has 0 spiro atoms. The molecule has 2 aromatic rings. The van der Waals surface area contributed by atoms with Crippen molar-refractivity contribution in [3.05, 3.63) is 23.8 Å². The number of alkyl halides is 1. The van der Waals surface area contributed by atoms with Crippen LogP contribution >= 0.6 is 0 Å². The molecule has 1 heterocycles. The Hall–Kier alpha value is -2.24. The third-order valence-corrected chi connectivity index (χ3v) is 2.75. The van der Waals surface area contributed by atoms with Crippen molar-refractivity contribution in [2.24, 2.45) is 0 Å². The summed E-state index contributed by atoms with van der Waals surface area (Å²) in [4.78, 5) is 0. The lowest BCUT2D eigenvalue weighted by Crippen LogP contribution is -1.98. The van der Waals surface area contributed by atoms with Gasteiger partial charge in [0.25, 0.3) is 0 Å². The SMILES string of the molecule is COc1cc(-c2cc(N)no2)cc(C(C)F)c1OC. The van der Waals surface area contributed by atoms with Gasteiger partial charge in [0.15, 0.2) is 23.1 Å². The van der Waals surface area contributed by atoms with E-state index < -0.39 is 6.17 Å². The molecule has 0 fully saturated rings. The fourth-order valence-electron chi connectivity index (χ4n) is 1.86. The van der Waals surface area contributed by atoms with Crippen molar-refractivity contribution in [2.45, 2.75) is 13.1 Å². The summed E-state index contributed by atoms with van der Waals surface area (Å²) in [6, 6.07) is 4.88. The van der Waals surface area contributed by atoms with Gasteiger partial charge < -0.3 is 19.7 Å². The minimum atomic E-state index is -1.20. The van der Waals surface area contributed by atoms with E-state index >= 15 is 0 Å². The van der Waals surface area contributed by atoms with Gasteiger partial charge in [-0.05, 0) is 19.1 Å². The summed E-state index contributed by atoms with van der Waals surface area (Å²) in [5, 5.41) is 3.60. The van der Waals surface area contributed by atoms with Crippen LogP contribution < -0.4 is 15.2 Å². The summed E-state index contributed by atoms with van der Waals surface area (Å²) in [5.41, 5.74) is 6.51. The van der Waals surface area contributed by atoms with E-state index in [-0.39, 0.29) is 5.82 Å². The molecule has 1 aromatic carbocycles. The maximum Gasteiger partial charge on any atom is 0.169 e. The van der Waals surface area contributed by atoms with Gasteiger partial charge in [-0.15, -0.1) is 0 Å². The number of anilines is 1. The second-order valence-corrected chi connectivity index (χ2v) is 4.03. The molecule has 0 aliphatic carbocycles. The smallest absolute Gasteiger partial charge is 0.169 e. The van der Waals surface area contributed by atoms with E-state index in [1.165, 1.54) is 21.1 Å². The first kappa shape index (κ1) is 13.2. The maximum absolute atomic E-state index is 13.7. The average Bonchev–Trinajstić information content (AvgIpc) is 2.83. The molecular formula is C13H15FN2O3. The number of nitrogen functional groups attached to an aromatic ring is 1. The van der Waals surface area contributed by atoms with Crippen molar-refractivity contribution in [3.63, 3.8) is 0 Å². The molecule has 0 radical (unpaired) electrons. The summed E-state index contributed by atoms with van der Waals surface area (Å²) in [6.07, 6.45) is -1.20. The zero-order valence-corrected chi connectivity index (χ0v) is 10.9. The first-order valence-corrected chi connectivity index (χ1v) is 5.69. The maximum atomic E-state index is 13.7. The van der Waals surface area contributed by atoms with Crippen LogP contribution in [0.3, 0.4) is 0 Å². The molecule has 0 aliphatic rings. The van der Waals surface area contributed by atoms with Crippen molar-refractivity contribution < 1.29 is 18.4 Å². The Morgan fingerprint density at radius 1 is 1.26 bits per heavy atom. The third kappa shape index (κ3) is 2.47. The number of halogens is 1. The number of ether oxygens (including phenoxy) is 2. The van der Waals surface area contributed by atoms with E-state index in [9.17, 15) is 4.39 Å². The normalized spacial score (nSPS) is 12.2. The molecule has 19 heavy (non-hydrogen) atoms. The molecule has 1 atom stereocenters. The Kier molecular flexibility index (Phi) is 3.59. The molecule has 0 saturated carbocycles. The van der Waals surface area contributed by atoms with Crippen LogP contribution in [0, 0.1) is 0 Å².